The van der Waals surface area contributed by atoms with Crippen molar-refractivity contribution in [3.63, 3.8) is 0 Å². The molecule has 0 rings (SSSR count). The van der Waals surface area contributed by atoms with Gasteiger partial charge < -0.3 is 252 Å². The summed E-state index contributed by atoms with van der Waals surface area (Å²) in [4.78, 5) is 0. The number of halogens is 71. The van der Waals surface area contributed by atoms with E-state index < -0.39 is 133 Å². The third kappa shape index (κ3) is 273000. The van der Waals surface area contributed by atoms with Crippen LogP contribution < -0.4 is 258 Å². The van der Waals surface area contributed by atoms with Gasteiger partial charge in [-0.15, -0.1) is 8.96 Å². The van der Waals surface area contributed by atoms with Gasteiger partial charge in [-0.2, -0.15) is 103 Å². The molecule has 61 nitrogen and oxygen atoms in total. The number of hydrogen-bond acceptors (Lipinski definition) is 61. The molecule has 0 aliphatic rings. The summed E-state index contributed by atoms with van der Waals surface area (Å²) < 4.78 is 670. The molecule has 0 saturated carbocycles. The first-order valence-corrected chi connectivity index (χ1v) is 14.5. The largest absolute Gasteiger partial charge is 0.456 e. The maximum absolute atomic E-state index is 9.73. The first kappa shape index (κ1) is 635. The summed E-state index contributed by atoms with van der Waals surface area (Å²) >= 11 is 0. The third-order valence-corrected chi connectivity index (χ3v) is 0. The smallest absolute Gasteiger partial charge is 0.344 e. The second-order valence-electron chi connectivity index (χ2n) is 4.17. The van der Waals surface area contributed by atoms with Crippen LogP contribution in [0.15, 0.2) is 0 Å². The van der Waals surface area contributed by atoms with E-state index in [9.17, 15) is 298 Å². The molecule has 0 heterocycles. The van der Waals surface area contributed by atoms with E-state index in [0.717, 1.165) is 0 Å². The Morgan fingerprint density at radius 3 is 0.118 bits per heavy atom. The summed E-state index contributed by atoms with van der Waals surface area (Å²) in [5.41, 5.74) is -47.5. The van der Waals surface area contributed by atoms with Crippen molar-refractivity contribution in [1.29, 1.82) is 0 Å². The average Bonchev–Trinajstić information content (AvgIpc) is 3.19. The SMILES string of the molecule is C.C.FF.FF.FN(F)F.FN(F)F.FN(F)F.FN(F)F.FN(F)F.FN(F)F.FN(F)F.FN(F)F.FN(F)F.FN(F)F.FN(F)F.FN(F)F.FN(F)F.FN(F)F.FN(F)F.FN(F)F.FN(F)F.FN(F)F.FN(F)F.FNF.FP(F)F.FP(F)F.FPF.N.N.N.N.N.N.N.N.N.N.N.N.N.N.N.N.N.N.N.N.N.N.N.N.N.N.N.N.N.N.N.N.N.N.N.N.N.N.N.N.N.P.P.P.P.P.P.P. The molecule has 144 heavy (non-hydrogen) atoms. The molecule has 0 amide bonds. The molecule has 7 atom stereocenters. The molecule has 0 saturated heterocycles. The van der Waals surface area contributed by atoms with E-state index >= 15 is 0 Å². The predicted molar refractivity (Wildman–Crippen MR) is 436 cm³/mol. The van der Waals surface area contributed by atoms with Crippen molar-refractivity contribution in [3.8, 4) is 0 Å². The van der Waals surface area contributed by atoms with Crippen molar-refractivity contribution in [2.45, 2.75) is 14.9 Å². The second kappa shape index (κ2) is 705. The van der Waals surface area contributed by atoms with Gasteiger partial charge in [0.25, 0.3) is 9.20 Å². The van der Waals surface area contributed by atoms with Crippen molar-refractivity contribution >= 4 is 96.2 Å². The van der Waals surface area contributed by atoms with E-state index in [-0.39, 0.29) is 342 Å². The standard InChI is InChI=1S/2CH4.19F3N.2F3P.F2HN.F2HP.2F2.41H3N.7H3P/c;;21*1-4(2)3;2*1-3-2;2*1-2;;;;;;;;;;;;;;;;;;;;;;;;;;;;;;;;;;;;;;;;;;;;;;;;/h2*1H4;;;;;;;;;;;;;;;;;;;;;;2*3H;;;48*1H3. The van der Waals surface area contributed by atoms with E-state index in [1.807, 2.05) is 0 Å². The number of rotatable bonds is 0. The van der Waals surface area contributed by atoms with Gasteiger partial charge in [-0.25, -0.2) is 0 Å². The zero-order valence-electron chi connectivity index (χ0n) is 71.2. The van der Waals surface area contributed by atoms with Crippen LogP contribution in [0.2, 0.25) is 0 Å². The van der Waals surface area contributed by atoms with Gasteiger partial charge in [0.15, 0.2) is 106 Å². The molecule has 0 radical (unpaired) electrons. The summed E-state index contributed by atoms with van der Waals surface area (Å²) in [5.74, 6) is -0.250. The van der Waals surface area contributed by atoms with Crippen molar-refractivity contribution < 1.29 is 316 Å². The topological polar surface area (TPSA) is 1510 Å². The molecule has 124 N–H and O–H groups in total. The monoisotopic (exact) mass is 2690 g/mol. The van der Waals surface area contributed by atoms with Crippen molar-refractivity contribution in [3.05, 3.63) is 0 Å². The molecule has 0 aromatic rings. The van der Waals surface area contributed by atoms with Gasteiger partial charge in [0.2, 0.25) is 0 Å². The van der Waals surface area contributed by atoms with Crippen molar-refractivity contribution in [2.75, 3.05) is 0 Å². The van der Waals surface area contributed by atoms with E-state index in [0.29, 0.717) is 0 Å². The maximum atomic E-state index is 9.73. The maximum Gasteiger partial charge on any atom is 0.456 e. The molecule has 7 unspecified atom stereocenters. The molecule has 0 aromatic carbocycles. The first-order chi connectivity index (χ1) is 41.2. The fourth-order valence-corrected chi connectivity index (χ4v) is 0. The molecule has 0 bridgehead atoms. The molecule has 0 spiro atoms. The van der Waals surface area contributed by atoms with Gasteiger partial charge in [-0.05, 0) is 0 Å². The highest BCUT2D eigenvalue weighted by Crippen LogP contribution is 2.39. The van der Waals surface area contributed by atoms with Crippen LogP contribution in [0.25, 0.3) is 0 Å². The van der Waals surface area contributed by atoms with E-state index in [2.05, 4.69) is 0 Å². The zero-order valence-corrected chi connectivity index (χ0v) is 83.9. The summed E-state index contributed by atoms with van der Waals surface area (Å²) in [6.07, 6.45) is 0. The van der Waals surface area contributed by atoms with Gasteiger partial charge in [-0.3, -0.25) is 0 Å². The molecule has 0 aliphatic heterocycles. The number of nitrogens with one attached hydrogen (secondary N) is 1. The lowest BCUT2D eigenvalue weighted by Gasteiger charge is -1.67. The minimum atomic E-state index is -4.12. The summed E-state index contributed by atoms with van der Waals surface area (Å²) in [7, 11) is -10.2. The normalized spacial score (nSPS) is 5.58. The van der Waals surface area contributed by atoms with Crippen LogP contribution in [-0.4, -0.2) is 106 Å². The lowest BCUT2D eigenvalue weighted by atomic mass is 12.0. The summed E-state index contributed by atoms with van der Waals surface area (Å²) in [5, 5.41) is 0. The van der Waals surface area contributed by atoms with Crippen LogP contribution in [0.5, 0.6) is 0 Å². The van der Waals surface area contributed by atoms with Crippen LogP contribution in [0.3, 0.4) is 0 Å². The van der Waals surface area contributed by atoms with Gasteiger partial charge in [-0.1, -0.05) is 270 Å². The van der Waals surface area contributed by atoms with Gasteiger partial charge in [0.1, 0.15) is 0 Å². The number of nitrogens with zero attached hydrogens (tertiary/aromatic N) is 19. The zero-order chi connectivity index (χ0) is 84.5. The average molecular weight is 2690 g/mol. The molecule has 1014 valence electrons. The Kier molecular flexibility index (Phi) is 3110. The Bertz CT molecular complexity index is 603. The fourth-order valence-electron chi connectivity index (χ4n) is 0. The van der Waals surface area contributed by atoms with Crippen molar-refractivity contribution in [2.24, 2.45) is 0 Å². The Hall–Kier alpha value is -3.11. The quantitative estimate of drug-likeness (QED) is 0.0608. The minimum Gasteiger partial charge on any atom is -0.344 e. The van der Waals surface area contributed by atoms with Gasteiger partial charge in [0.05, 0.1) is 0 Å². The van der Waals surface area contributed by atoms with Crippen molar-refractivity contribution in [1.82, 2.24) is 364 Å². The van der Waals surface area contributed by atoms with Crippen LogP contribution in [0.1, 0.15) is 14.9 Å². The number of hydrogen-bond donors (Lipinski definition) is 42. The summed E-state index contributed by atoms with van der Waals surface area (Å²) in [6.45, 7) is 0. The first-order valence-electron chi connectivity index (χ1n) is 11.7. The lowest BCUT2D eigenvalue weighted by molar-refractivity contribution is -0.296. The van der Waals surface area contributed by atoms with Crippen LogP contribution in [0, 0.1) is 0 Å². The van der Waals surface area contributed by atoms with Crippen LogP contribution in [-0.2, 0) is 0 Å². The molecular weight excluding hydrogens is 2540 g/mol. The van der Waals surface area contributed by atoms with Gasteiger partial charge >= 0.3 is 17.7 Å². The lowest BCUT2D eigenvalue weighted by Crippen LogP contribution is -1.72. The van der Waals surface area contributed by atoms with Crippen LogP contribution in [0.4, 0.5) is 316 Å². The molecule has 142 heteroatoms. The fraction of sp³-hybridized carbons (Fsp3) is 1.00. The molecule has 0 aromatic heterocycles. The Labute approximate surface area is 792 Å². The Morgan fingerprint density at radius 1 is 0.118 bits per heavy atom. The highest BCUT2D eigenvalue weighted by Gasteiger charge is 1.93. The Morgan fingerprint density at radius 2 is 0.118 bits per heavy atom. The van der Waals surface area contributed by atoms with E-state index in [1.165, 1.54) is 0 Å². The summed E-state index contributed by atoms with van der Waals surface area (Å²) in [6, 6.07) is 0. The van der Waals surface area contributed by atoms with Gasteiger partial charge in [0, 0.05) is 24.1 Å². The minimum absolute atomic E-state index is 0. The highest BCUT2D eigenvalue weighted by molar-refractivity contribution is 7.40. The third-order valence-electron chi connectivity index (χ3n) is 0. The molecule has 0 fully saturated rings. The van der Waals surface area contributed by atoms with E-state index in [1.54, 1.807) is 0 Å². The predicted octanol–water partition coefficient (Wildman–Crippen LogP) is 33.9. The molecule has 0 aliphatic carbocycles. The highest BCUT2D eigenvalue weighted by atomic mass is 31.2. The van der Waals surface area contributed by atoms with Crippen LogP contribution >= 0.6 is 96.2 Å². The van der Waals surface area contributed by atoms with E-state index in [4.69, 9.17) is 18.3 Å². The molecular formula is C2H154F71N61P10. The Balaban J connectivity index is -0.00000000465. The second-order valence-corrected chi connectivity index (χ2v) is 5.08.